The zero-order valence-corrected chi connectivity index (χ0v) is 20.2. The van der Waals surface area contributed by atoms with Crippen LogP contribution in [0.25, 0.3) is 11.0 Å². The summed E-state index contributed by atoms with van der Waals surface area (Å²) in [5.74, 6) is 0.0465. The standard InChI is InChI=1S/C25H35NO6/c1-8-9-17-14-21(27)31-22-16(4)20(13-11-18(17)22)30-23(28)19(12-10-15(2)3)26-24(29)32-25(5,6)7/h11,13-15,19H,8-10,12H2,1-7H3,(H,26,29). The number of hydrogen-bond donors (Lipinski definition) is 1. The number of rotatable bonds is 8. The van der Waals surface area contributed by atoms with E-state index in [1.165, 1.54) is 6.07 Å². The number of esters is 1. The van der Waals surface area contributed by atoms with Crippen molar-refractivity contribution in [2.45, 2.75) is 85.8 Å². The van der Waals surface area contributed by atoms with Gasteiger partial charge in [-0.2, -0.15) is 0 Å². The van der Waals surface area contributed by atoms with Gasteiger partial charge in [-0.3, -0.25) is 0 Å². The Labute approximate surface area is 189 Å². The summed E-state index contributed by atoms with van der Waals surface area (Å²) in [4.78, 5) is 37.2. The molecule has 1 N–H and O–H groups in total. The van der Waals surface area contributed by atoms with Crippen LogP contribution < -0.4 is 15.7 Å². The van der Waals surface area contributed by atoms with E-state index in [0.717, 1.165) is 30.2 Å². The Morgan fingerprint density at radius 1 is 1.16 bits per heavy atom. The molecule has 1 amide bonds. The number of nitrogens with one attached hydrogen (secondary N) is 1. The van der Waals surface area contributed by atoms with Gasteiger partial charge >= 0.3 is 17.7 Å². The summed E-state index contributed by atoms with van der Waals surface area (Å²) in [7, 11) is 0. The minimum atomic E-state index is -0.860. The summed E-state index contributed by atoms with van der Waals surface area (Å²) in [5.41, 5.74) is 0.755. The smallest absolute Gasteiger partial charge is 0.408 e. The normalized spacial score (nSPS) is 12.6. The van der Waals surface area contributed by atoms with Crippen molar-refractivity contribution in [3.63, 3.8) is 0 Å². The molecule has 1 aromatic heterocycles. The molecule has 0 saturated heterocycles. The van der Waals surface area contributed by atoms with Gasteiger partial charge in [0.05, 0.1) is 0 Å². The molecule has 0 aliphatic rings. The van der Waals surface area contributed by atoms with Crippen molar-refractivity contribution >= 4 is 23.0 Å². The first-order chi connectivity index (χ1) is 14.9. The van der Waals surface area contributed by atoms with E-state index in [4.69, 9.17) is 13.9 Å². The first-order valence-electron chi connectivity index (χ1n) is 11.2. The van der Waals surface area contributed by atoms with Crippen LogP contribution in [-0.4, -0.2) is 23.7 Å². The Kier molecular flexibility index (Phi) is 8.47. The van der Waals surface area contributed by atoms with Crippen LogP contribution in [0.3, 0.4) is 0 Å². The summed E-state index contributed by atoms with van der Waals surface area (Å²) in [6, 6.07) is 4.13. The maximum Gasteiger partial charge on any atom is 0.408 e. The van der Waals surface area contributed by atoms with E-state index in [1.807, 2.05) is 20.8 Å². The molecule has 0 spiro atoms. The summed E-state index contributed by atoms with van der Waals surface area (Å²) in [6.45, 7) is 13.1. The number of carbonyl (C=O) groups excluding carboxylic acids is 2. The van der Waals surface area contributed by atoms with Gasteiger partial charge in [-0.05, 0) is 70.6 Å². The zero-order chi connectivity index (χ0) is 24.1. The highest BCUT2D eigenvalue weighted by Gasteiger charge is 2.27. The number of fused-ring (bicyclic) bond motifs is 1. The Morgan fingerprint density at radius 3 is 2.44 bits per heavy atom. The van der Waals surface area contributed by atoms with E-state index in [-0.39, 0.29) is 0 Å². The predicted molar refractivity (Wildman–Crippen MR) is 124 cm³/mol. The van der Waals surface area contributed by atoms with Crippen molar-refractivity contribution in [3.05, 3.63) is 39.7 Å². The van der Waals surface area contributed by atoms with Crippen molar-refractivity contribution in [1.82, 2.24) is 5.32 Å². The van der Waals surface area contributed by atoms with Gasteiger partial charge in [0.1, 0.15) is 23.0 Å². The first kappa shape index (κ1) is 25.4. The van der Waals surface area contributed by atoms with Crippen LogP contribution >= 0.6 is 0 Å². The topological polar surface area (TPSA) is 94.8 Å². The average molecular weight is 446 g/mol. The Balaban J connectivity index is 2.30. The molecule has 1 heterocycles. The van der Waals surface area contributed by atoms with Gasteiger partial charge in [0.15, 0.2) is 0 Å². The Hall–Kier alpha value is -2.83. The summed E-state index contributed by atoms with van der Waals surface area (Å²) < 4.78 is 16.4. The van der Waals surface area contributed by atoms with Crippen molar-refractivity contribution in [2.24, 2.45) is 5.92 Å². The number of hydrogen-bond acceptors (Lipinski definition) is 6. The second-order valence-corrected chi connectivity index (χ2v) is 9.50. The van der Waals surface area contributed by atoms with Gasteiger partial charge in [0, 0.05) is 17.0 Å². The van der Waals surface area contributed by atoms with Crippen LogP contribution in [0.5, 0.6) is 5.75 Å². The molecule has 0 bridgehead atoms. The number of carbonyl (C=O) groups is 2. The minimum Gasteiger partial charge on any atom is -0.444 e. The summed E-state index contributed by atoms with van der Waals surface area (Å²) >= 11 is 0. The van der Waals surface area contributed by atoms with Crippen molar-refractivity contribution in [2.75, 3.05) is 0 Å². The molecule has 1 atom stereocenters. The third-order valence-corrected chi connectivity index (χ3v) is 4.93. The SMILES string of the molecule is CCCc1cc(=O)oc2c(C)c(OC(=O)C(CCC(C)C)NC(=O)OC(C)(C)C)ccc12. The van der Waals surface area contributed by atoms with Crippen LogP contribution in [0.4, 0.5) is 4.79 Å². The molecule has 1 aromatic carbocycles. The van der Waals surface area contributed by atoms with Crippen LogP contribution in [-0.2, 0) is 16.0 Å². The predicted octanol–water partition coefficient (Wildman–Crippen LogP) is 5.29. The molecular formula is C25H35NO6. The number of benzene rings is 1. The Bertz CT molecular complexity index is 1020. The highest BCUT2D eigenvalue weighted by atomic mass is 16.6. The van der Waals surface area contributed by atoms with Gasteiger partial charge in [0.2, 0.25) is 0 Å². The number of alkyl carbamates (subject to hydrolysis) is 1. The molecule has 0 saturated carbocycles. The van der Waals surface area contributed by atoms with E-state index >= 15 is 0 Å². The lowest BCUT2D eigenvalue weighted by molar-refractivity contribution is -0.137. The van der Waals surface area contributed by atoms with Gasteiger partial charge in [-0.1, -0.05) is 27.2 Å². The van der Waals surface area contributed by atoms with Crippen molar-refractivity contribution in [3.8, 4) is 5.75 Å². The summed E-state index contributed by atoms with van der Waals surface area (Å²) in [6.07, 6.45) is 2.10. The highest BCUT2D eigenvalue weighted by molar-refractivity contribution is 5.87. The lowest BCUT2D eigenvalue weighted by Gasteiger charge is -2.23. The van der Waals surface area contributed by atoms with E-state index in [1.54, 1.807) is 39.8 Å². The first-order valence-corrected chi connectivity index (χ1v) is 11.2. The van der Waals surface area contributed by atoms with Crippen molar-refractivity contribution < 1.29 is 23.5 Å². The maximum absolute atomic E-state index is 13.0. The fourth-order valence-electron chi connectivity index (χ4n) is 3.37. The number of aryl methyl sites for hydroxylation is 2. The van der Waals surface area contributed by atoms with Crippen LogP contribution in [0.2, 0.25) is 0 Å². The molecule has 32 heavy (non-hydrogen) atoms. The number of amides is 1. The molecule has 176 valence electrons. The van der Waals surface area contributed by atoms with Gasteiger partial charge in [-0.15, -0.1) is 0 Å². The molecule has 0 radical (unpaired) electrons. The second kappa shape index (κ2) is 10.7. The molecule has 7 heteroatoms. The largest absolute Gasteiger partial charge is 0.444 e. The fraction of sp³-hybridized carbons (Fsp3) is 0.560. The lowest BCUT2D eigenvalue weighted by Crippen LogP contribution is -2.45. The molecular weight excluding hydrogens is 410 g/mol. The van der Waals surface area contributed by atoms with Crippen LogP contribution in [0.15, 0.2) is 27.4 Å². The van der Waals surface area contributed by atoms with Crippen LogP contribution in [0.1, 0.15) is 71.9 Å². The van der Waals surface area contributed by atoms with Gasteiger partial charge in [0.25, 0.3) is 0 Å². The van der Waals surface area contributed by atoms with E-state index in [2.05, 4.69) is 5.32 Å². The van der Waals surface area contributed by atoms with Crippen LogP contribution in [0, 0.1) is 12.8 Å². The third kappa shape index (κ3) is 7.11. The second-order valence-electron chi connectivity index (χ2n) is 9.50. The molecule has 2 rings (SSSR count). The summed E-state index contributed by atoms with van der Waals surface area (Å²) in [5, 5.41) is 3.46. The molecule has 7 nitrogen and oxygen atoms in total. The van der Waals surface area contributed by atoms with Crippen molar-refractivity contribution in [1.29, 1.82) is 0 Å². The van der Waals surface area contributed by atoms with Gasteiger partial charge in [-0.25, -0.2) is 14.4 Å². The van der Waals surface area contributed by atoms with E-state index in [0.29, 0.717) is 29.2 Å². The third-order valence-electron chi connectivity index (χ3n) is 4.93. The number of ether oxygens (including phenoxy) is 2. The average Bonchev–Trinajstić information content (AvgIpc) is 2.66. The molecule has 1 unspecified atom stereocenters. The maximum atomic E-state index is 13.0. The lowest BCUT2D eigenvalue weighted by atomic mass is 10.0. The monoisotopic (exact) mass is 445 g/mol. The molecule has 2 aromatic rings. The highest BCUT2D eigenvalue weighted by Crippen LogP contribution is 2.29. The zero-order valence-electron chi connectivity index (χ0n) is 20.2. The minimum absolute atomic E-state index is 0.292. The quantitative estimate of drug-likeness (QED) is 0.337. The fourth-order valence-corrected chi connectivity index (χ4v) is 3.37. The molecule has 0 fully saturated rings. The van der Waals surface area contributed by atoms with E-state index < -0.39 is 29.3 Å². The molecule has 0 aliphatic heterocycles. The molecule has 0 aliphatic carbocycles. The Morgan fingerprint density at radius 2 is 1.84 bits per heavy atom. The van der Waals surface area contributed by atoms with Gasteiger partial charge < -0.3 is 19.2 Å². The van der Waals surface area contributed by atoms with E-state index in [9.17, 15) is 14.4 Å².